The number of likely N-dealkylation sites (tertiary alicyclic amines) is 1. The highest BCUT2D eigenvalue weighted by atomic mass is 32.2. The summed E-state index contributed by atoms with van der Waals surface area (Å²) in [6.07, 6.45) is 0. The number of nitrogens with one attached hydrogen (secondary N) is 1. The van der Waals surface area contributed by atoms with Crippen LogP contribution in [0, 0.1) is 5.41 Å². The topological polar surface area (TPSA) is 82.2 Å². The maximum atomic E-state index is 12.6. The van der Waals surface area contributed by atoms with Crippen molar-refractivity contribution in [3.05, 3.63) is 47.5 Å². The molecule has 0 radical (unpaired) electrons. The average Bonchev–Trinajstić information content (AvgIpc) is 3.26. The van der Waals surface area contributed by atoms with Gasteiger partial charge in [-0.15, -0.1) is 0 Å². The maximum absolute atomic E-state index is 12.6. The third-order valence-electron chi connectivity index (χ3n) is 6.27. The Hall–Kier alpha value is -1.77. The van der Waals surface area contributed by atoms with Gasteiger partial charge in [-0.1, -0.05) is 44.2 Å². The van der Waals surface area contributed by atoms with Crippen LogP contribution in [0.3, 0.4) is 0 Å². The zero-order chi connectivity index (χ0) is 20.8. The van der Waals surface area contributed by atoms with Gasteiger partial charge in [0.1, 0.15) is 5.82 Å². The first kappa shape index (κ1) is 20.5. The van der Waals surface area contributed by atoms with E-state index in [0.29, 0.717) is 13.1 Å². The molecule has 1 unspecified atom stereocenters. The van der Waals surface area contributed by atoms with Crippen LogP contribution in [0.15, 0.2) is 30.3 Å². The monoisotopic (exact) mass is 417 g/mol. The van der Waals surface area contributed by atoms with Crippen molar-refractivity contribution in [1.29, 1.82) is 0 Å². The van der Waals surface area contributed by atoms with Gasteiger partial charge in [-0.25, -0.2) is 17.7 Å². The zero-order valence-corrected chi connectivity index (χ0v) is 18.5. The lowest BCUT2D eigenvalue weighted by Gasteiger charge is -2.50. The van der Waals surface area contributed by atoms with Crippen LogP contribution in [0.4, 0.5) is 0 Å². The van der Waals surface area contributed by atoms with Crippen molar-refractivity contribution in [2.75, 3.05) is 26.2 Å². The van der Waals surface area contributed by atoms with Crippen LogP contribution in [0.25, 0.3) is 0 Å². The minimum atomic E-state index is -3.23. The summed E-state index contributed by atoms with van der Waals surface area (Å²) in [6.45, 7) is 11.4. The molecule has 2 aromatic rings. The molecule has 1 N–H and O–H groups in total. The van der Waals surface area contributed by atoms with Gasteiger partial charge in [0.05, 0.1) is 5.25 Å². The number of hydrogen-bond acceptors (Lipinski definition) is 5. The molecular formula is C21H31N5O2S. The zero-order valence-electron chi connectivity index (χ0n) is 17.7. The van der Waals surface area contributed by atoms with E-state index in [4.69, 9.17) is 4.98 Å². The molecule has 8 heteroatoms. The third-order valence-corrected chi connectivity index (χ3v) is 8.44. The van der Waals surface area contributed by atoms with Crippen molar-refractivity contribution < 1.29 is 8.42 Å². The van der Waals surface area contributed by atoms with Crippen LogP contribution in [0.2, 0.25) is 0 Å². The molecule has 29 heavy (non-hydrogen) atoms. The summed E-state index contributed by atoms with van der Waals surface area (Å²) in [7, 11) is -3.23. The maximum Gasteiger partial charge on any atom is 0.216 e. The summed E-state index contributed by atoms with van der Waals surface area (Å²) in [5.41, 5.74) is 1.17. The van der Waals surface area contributed by atoms with E-state index in [9.17, 15) is 8.42 Å². The predicted octanol–water partition coefficient (Wildman–Crippen LogP) is 2.57. The minimum absolute atomic E-state index is 0.107. The van der Waals surface area contributed by atoms with Gasteiger partial charge in [0, 0.05) is 50.0 Å². The molecule has 2 fully saturated rings. The Bertz CT molecular complexity index is 948. The highest BCUT2D eigenvalue weighted by molar-refractivity contribution is 7.89. The van der Waals surface area contributed by atoms with E-state index >= 15 is 0 Å². The molecule has 3 heterocycles. The predicted molar refractivity (Wildman–Crippen MR) is 113 cm³/mol. The fraction of sp³-hybridized carbons (Fsp3) is 0.619. The van der Waals surface area contributed by atoms with Gasteiger partial charge >= 0.3 is 0 Å². The SMILES string of the molecule is CC(C)c1n[nH]c(C2CN(Cc3ccccc3)CC23CN(S(=O)(=O)C(C)C)C3)n1. The molecule has 2 saturated heterocycles. The van der Waals surface area contributed by atoms with Crippen LogP contribution in [-0.4, -0.2) is 64.2 Å². The smallest absolute Gasteiger partial charge is 0.216 e. The Morgan fingerprint density at radius 2 is 1.83 bits per heavy atom. The summed E-state index contributed by atoms with van der Waals surface area (Å²) in [6, 6.07) is 10.4. The molecule has 1 atom stereocenters. The van der Waals surface area contributed by atoms with E-state index in [1.165, 1.54) is 5.56 Å². The second kappa shape index (κ2) is 7.49. The van der Waals surface area contributed by atoms with Crippen molar-refractivity contribution in [2.24, 2.45) is 5.41 Å². The average molecular weight is 418 g/mol. The van der Waals surface area contributed by atoms with Crippen molar-refractivity contribution in [1.82, 2.24) is 24.4 Å². The second-order valence-corrected chi connectivity index (χ2v) is 11.7. The van der Waals surface area contributed by atoms with Crippen LogP contribution in [-0.2, 0) is 16.6 Å². The molecule has 4 rings (SSSR count). The van der Waals surface area contributed by atoms with Gasteiger partial charge in [0.15, 0.2) is 5.82 Å². The summed E-state index contributed by atoms with van der Waals surface area (Å²) >= 11 is 0. The number of aromatic amines is 1. The van der Waals surface area contributed by atoms with Crippen LogP contribution < -0.4 is 0 Å². The van der Waals surface area contributed by atoms with Gasteiger partial charge in [-0.05, 0) is 19.4 Å². The van der Waals surface area contributed by atoms with E-state index in [0.717, 1.165) is 31.3 Å². The third kappa shape index (κ3) is 3.73. The number of hydrogen-bond donors (Lipinski definition) is 1. The first-order valence-electron chi connectivity index (χ1n) is 10.4. The van der Waals surface area contributed by atoms with Gasteiger partial charge in [-0.3, -0.25) is 10.00 Å². The molecule has 0 bridgehead atoms. The molecule has 1 aromatic carbocycles. The van der Waals surface area contributed by atoms with E-state index in [2.05, 4.69) is 53.2 Å². The standard InChI is InChI=1S/C21H31N5O2S/c1-15(2)19-22-20(24-23-19)18-11-25(10-17-8-6-5-7-9-17)12-21(18)13-26(14-21)29(27,28)16(3)4/h5-9,15-16,18H,10-14H2,1-4H3,(H,22,23,24). The molecule has 158 valence electrons. The molecule has 1 aromatic heterocycles. The van der Waals surface area contributed by atoms with Crippen LogP contribution >= 0.6 is 0 Å². The first-order valence-corrected chi connectivity index (χ1v) is 11.9. The summed E-state index contributed by atoms with van der Waals surface area (Å²) in [5.74, 6) is 2.13. The molecule has 2 aliphatic rings. The van der Waals surface area contributed by atoms with E-state index in [-0.39, 0.29) is 17.3 Å². The number of sulfonamides is 1. The van der Waals surface area contributed by atoms with Gasteiger partial charge in [-0.2, -0.15) is 5.10 Å². The number of benzene rings is 1. The van der Waals surface area contributed by atoms with Crippen LogP contribution in [0.5, 0.6) is 0 Å². The van der Waals surface area contributed by atoms with Crippen molar-refractivity contribution >= 4 is 10.0 Å². The van der Waals surface area contributed by atoms with E-state index < -0.39 is 15.3 Å². The first-order chi connectivity index (χ1) is 13.7. The Balaban J connectivity index is 1.58. The molecule has 1 spiro atoms. The largest absolute Gasteiger partial charge is 0.298 e. The molecule has 0 amide bonds. The Morgan fingerprint density at radius 3 is 2.41 bits per heavy atom. The Kier molecular flexibility index (Phi) is 5.29. The molecule has 7 nitrogen and oxygen atoms in total. The van der Waals surface area contributed by atoms with Crippen molar-refractivity contribution in [2.45, 2.75) is 51.3 Å². The second-order valence-electron chi connectivity index (χ2n) is 9.17. The molecular weight excluding hydrogens is 386 g/mol. The van der Waals surface area contributed by atoms with Gasteiger partial charge < -0.3 is 0 Å². The quantitative estimate of drug-likeness (QED) is 0.781. The van der Waals surface area contributed by atoms with Crippen LogP contribution in [0.1, 0.15) is 56.7 Å². The Labute approximate surface area is 173 Å². The molecule has 2 aliphatic heterocycles. The van der Waals surface area contributed by atoms with Crippen molar-refractivity contribution in [3.63, 3.8) is 0 Å². The number of H-pyrrole nitrogens is 1. The van der Waals surface area contributed by atoms with Crippen molar-refractivity contribution in [3.8, 4) is 0 Å². The Morgan fingerprint density at radius 1 is 1.14 bits per heavy atom. The van der Waals surface area contributed by atoms with Gasteiger partial charge in [0.25, 0.3) is 0 Å². The fourth-order valence-corrected chi connectivity index (χ4v) is 6.04. The normalized spacial score (nSPS) is 22.6. The molecule has 0 aliphatic carbocycles. The lowest BCUT2D eigenvalue weighted by Crippen LogP contribution is -2.62. The highest BCUT2D eigenvalue weighted by Crippen LogP contribution is 2.49. The minimum Gasteiger partial charge on any atom is -0.298 e. The lowest BCUT2D eigenvalue weighted by molar-refractivity contribution is 0.0601. The summed E-state index contributed by atoms with van der Waals surface area (Å²) in [4.78, 5) is 7.20. The van der Waals surface area contributed by atoms with E-state index in [1.807, 2.05) is 6.07 Å². The lowest BCUT2D eigenvalue weighted by atomic mass is 9.72. The highest BCUT2D eigenvalue weighted by Gasteiger charge is 2.58. The number of nitrogens with zero attached hydrogens (tertiary/aromatic N) is 4. The van der Waals surface area contributed by atoms with Gasteiger partial charge in [0.2, 0.25) is 10.0 Å². The fourth-order valence-electron chi connectivity index (χ4n) is 4.57. The molecule has 0 saturated carbocycles. The number of rotatable bonds is 6. The summed E-state index contributed by atoms with van der Waals surface area (Å²) < 4.78 is 26.9. The number of aromatic nitrogens is 3. The van der Waals surface area contributed by atoms with E-state index in [1.54, 1.807) is 18.2 Å². The summed E-state index contributed by atoms with van der Waals surface area (Å²) in [5, 5.41) is 7.17.